The first-order valence-electron chi connectivity index (χ1n) is 9.85. The second-order valence-corrected chi connectivity index (χ2v) is 7.25. The Bertz CT molecular complexity index is 849. The number of hydrogen-bond donors (Lipinski definition) is 0. The third kappa shape index (κ3) is 3.69. The molecule has 2 saturated heterocycles. The van der Waals surface area contributed by atoms with E-state index in [2.05, 4.69) is 9.88 Å². The Morgan fingerprint density at radius 3 is 2.54 bits per heavy atom. The molecule has 1 atom stereocenters. The van der Waals surface area contributed by atoms with Crippen molar-refractivity contribution < 1.29 is 9.59 Å². The summed E-state index contributed by atoms with van der Waals surface area (Å²) in [4.78, 5) is 39.6. The van der Waals surface area contributed by atoms with E-state index in [1.807, 2.05) is 48.2 Å². The smallest absolute Gasteiger partial charge is 0.228 e. The molecule has 2 aromatic rings. The Morgan fingerprint density at radius 1 is 1.11 bits per heavy atom. The summed E-state index contributed by atoms with van der Waals surface area (Å²) in [6.45, 7) is 5.84. The summed E-state index contributed by atoms with van der Waals surface area (Å²) in [6, 6.07) is 12.0. The molecule has 1 aromatic carbocycles. The topological polar surface area (TPSA) is 69.6 Å². The van der Waals surface area contributed by atoms with Crippen LogP contribution in [0.2, 0.25) is 0 Å². The van der Waals surface area contributed by atoms with E-state index in [1.54, 1.807) is 11.1 Å². The molecule has 4 rings (SSSR count). The van der Waals surface area contributed by atoms with Gasteiger partial charge >= 0.3 is 0 Å². The number of piperazine rings is 1. The maximum Gasteiger partial charge on any atom is 0.228 e. The summed E-state index contributed by atoms with van der Waals surface area (Å²) in [6.07, 6.45) is 2.13. The maximum atomic E-state index is 12.8. The lowest BCUT2D eigenvalue weighted by molar-refractivity contribution is -0.136. The van der Waals surface area contributed by atoms with Crippen LogP contribution in [0.25, 0.3) is 11.3 Å². The molecule has 1 aromatic heterocycles. The van der Waals surface area contributed by atoms with Gasteiger partial charge in [-0.2, -0.15) is 0 Å². The zero-order valence-corrected chi connectivity index (χ0v) is 16.1. The van der Waals surface area contributed by atoms with E-state index in [0.717, 1.165) is 11.3 Å². The first-order chi connectivity index (χ1) is 13.7. The van der Waals surface area contributed by atoms with Crippen LogP contribution in [0.15, 0.2) is 42.6 Å². The highest BCUT2D eigenvalue weighted by Crippen LogP contribution is 2.22. The van der Waals surface area contributed by atoms with Crippen LogP contribution in [-0.2, 0) is 9.59 Å². The second-order valence-electron chi connectivity index (χ2n) is 7.25. The molecule has 7 nitrogen and oxygen atoms in total. The minimum atomic E-state index is -0.198. The predicted octanol–water partition coefficient (Wildman–Crippen LogP) is 1.66. The Hall–Kier alpha value is -2.96. The second kappa shape index (κ2) is 7.96. The fraction of sp³-hybridized carbons (Fsp3) is 0.429. The van der Waals surface area contributed by atoms with Crippen molar-refractivity contribution in [3.63, 3.8) is 0 Å². The van der Waals surface area contributed by atoms with Crippen molar-refractivity contribution in [2.24, 2.45) is 5.92 Å². The normalized spacial score (nSPS) is 20.0. The fourth-order valence-electron chi connectivity index (χ4n) is 3.90. The van der Waals surface area contributed by atoms with Crippen LogP contribution in [0.1, 0.15) is 13.3 Å². The van der Waals surface area contributed by atoms with Crippen LogP contribution in [0.3, 0.4) is 0 Å². The van der Waals surface area contributed by atoms with Crippen LogP contribution in [0, 0.1) is 5.92 Å². The number of carbonyl (C=O) groups excluding carboxylic acids is 2. The molecule has 1 unspecified atom stereocenters. The number of likely N-dealkylation sites (tertiary alicyclic amines) is 1. The van der Waals surface area contributed by atoms with E-state index in [1.165, 1.54) is 0 Å². The standard InChI is InChI=1S/C21H25N5O2/c1-2-24-15-17(14-19(24)27)20(28)25-10-12-26(13-11-25)21-22-9-8-18(23-21)16-6-4-3-5-7-16/h3-9,17H,2,10-15H2,1H3. The molecule has 146 valence electrons. The van der Waals surface area contributed by atoms with Crippen LogP contribution in [0.5, 0.6) is 0 Å². The molecular formula is C21H25N5O2. The summed E-state index contributed by atoms with van der Waals surface area (Å²) in [5, 5.41) is 0. The third-order valence-electron chi connectivity index (χ3n) is 5.53. The SMILES string of the molecule is CCN1CC(C(=O)N2CCN(c3nccc(-c4ccccc4)n3)CC2)CC1=O. The molecule has 0 bridgehead atoms. The van der Waals surface area contributed by atoms with Gasteiger partial charge in [-0.15, -0.1) is 0 Å². The molecule has 2 fully saturated rings. The molecule has 2 amide bonds. The third-order valence-corrected chi connectivity index (χ3v) is 5.53. The number of amides is 2. The van der Waals surface area contributed by atoms with Crippen LogP contribution < -0.4 is 4.90 Å². The number of rotatable bonds is 4. The Balaban J connectivity index is 1.38. The van der Waals surface area contributed by atoms with Crippen LogP contribution in [0.4, 0.5) is 5.95 Å². The van der Waals surface area contributed by atoms with Crippen molar-refractivity contribution in [2.75, 3.05) is 44.2 Å². The van der Waals surface area contributed by atoms with Gasteiger partial charge in [-0.05, 0) is 13.0 Å². The highest BCUT2D eigenvalue weighted by atomic mass is 16.2. The van der Waals surface area contributed by atoms with Gasteiger partial charge in [0.25, 0.3) is 0 Å². The Labute approximate surface area is 165 Å². The molecule has 0 N–H and O–H groups in total. The fourth-order valence-corrected chi connectivity index (χ4v) is 3.90. The highest BCUT2D eigenvalue weighted by molar-refractivity contribution is 5.89. The summed E-state index contributed by atoms with van der Waals surface area (Å²) in [7, 11) is 0. The molecule has 7 heteroatoms. The van der Waals surface area contributed by atoms with Gasteiger partial charge in [-0.25, -0.2) is 9.97 Å². The largest absolute Gasteiger partial charge is 0.342 e. The zero-order valence-electron chi connectivity index (χ0n) is 16.1. The van der Waals surface area contributed by atoms with Gasteiger partial charge in [0.1, 0.15) is 0 Å². The summed E-state index contributed by atoms with van der Waals surface area (Å²) < 4.78 is 0. The van der Waals surface area contributed by atoms with Crippen molar-refractivity contribution in [3.8, 4) is 11.3 Å². The summed E-state index contributed by atoms with van der Waals surface area (Å²) >= 11 is 0. The minimum absolute atomic E-state index is 0.0885. The number of nitrogens with zero attached hydrogens (tertiary/aromatic N) is 5. The number of hydrogen-bond acceptors (Lipinski definition) is 5. The molecule has 0 aliphatic carbocycles. The monoisotopic (exact) mass is 379 g/mol. The highest BCUT2D eigenvalue weighted by Gasteiger charge is 2.36. The van der Waals surface area contributed by atoms with E-state index in [0.29, 0.717) is 51.6 Å². The first-order valence-corrected chi connectivity index (χ1v) is 9.85. The molecular weight excluding hydrogens is 354 g/mol. The van der Waals surface area contributed by atoms with Crippen molar-refractivity contribution in [1.82, 2.24) is 19.8 Å². The van der Waals surface area contributed by atoms with E-state index < -0.39 is 0 Å². The molecule has 3 heterocycles. The van der Waals surface area contributed by atoms with Crippen molar-refractivity contribution >= 4 is 17.8 Å². The molecule has 28 heavy (non-hydrogen) atoms. The van der Waals surface area contributed by atoms with E-state index in [9.17, 15) is 9.59 Å². The lowest BCUT2D eigenvalue weighted by atomic mass is 10.1. The van der Waals surface area contributed by atoms with Gasteiger partial charge in [-0.1, -0.05) is 30.3 Å². The lowest BCUT2D eigenvalue weighted by Gasteiger charge is -2.36. The molecule has 0 saturated carbocycles. The number of anilines is 1. The van der Waals surface area contributed by atoms with Crippen LogP contribution in [-0.4, -0.2) is 70.9 Å². The molecule has 0 radical (unpaired) electrons. The number of aromatic nitrogens is 2. The van der Waals surface area contributed by atoms with Gasteiger partial charge in [-0.3, -0.25) is 9.59 Å². The van der Waals surface area contributed by atoms with Crippen molar-refractivity contribution in [3.05, 3.63) is 42.6 Å². The van der Waals surface area contributed by atoms with Gasteiger partial charge < -0.3 is 14.7 Å². The van der Waals surface area contributed by atoms with Crippen molar-refractivity contribution in [1.29, 1.82) is 0 Å². The molecule has 0 spiro atoms. The first kappa shape index (κ1) is 18.4. The quantitative estimate of drug-likeness (QED) is 0.808. The number of benzene rings is 1. The zero-order chi connectivity index (χ0) is 19.5. The molecule has 2 aliphatic heterocycles. The van der Waals surface area contributed by atoms with Crippen LogP contribution >= 0.6 is 0 Å². The van der Waals surface area contributed by atoms with E-state index in [4.69, 9.17) is 4.98 Å². The Morgan fingerprint density at radius 2 is 1.86 bits per heavy atom. The van der Waals surface area contributed by atoms with E-state index >= 15 is 0 Å². The maximum absolute atomic E-state index is 12.8. The van der Waals surface area contributed by atoms with E-state index in [-0.39, 0.29) is 17.7 Å². The van der Waals surface area contributed by atoms with Gasteiger partial charge in [0.15, 0.2) is 0 Å². The predicted molar refractivity (Wildman–Crippen MR) is 107 cm³/mol. The Kier molecular flexibility index (Phi) is 5.23. The molecule has 2 aliphatic rings. The van der Waals surface area contributed by atoms with Gasteiger partial charge in [0, 0.05) is 57.4 Å². The van der Waals surface area contributed by atoms with Gasteiger partial charge in [0.2, 0.25) is 17.8 Å². The minimum Gasteiger partial charge on any atom is -0.342 e. The summed E-state index contributed by atoms with van der Waals surface area (Å²) in [5.41, 5.74) is 1.96. The van der Waals surface area contributed by atoms with Crippen molar-refractivity contribution in [2.45, 2.75) is 13.3 Å². The average Bonchev–Trinajstić information content (AvgIpc) is 3.15. The average molecular weight is 379 g/mol. The number of carbonyl (C=O) groups is 2. The summed E-state index contributed by atoms with van der Waals surface area (Å²) in [5.74, 6) is 0.687. The van der Waals surface area contributed by atoms with Gasteiger partial charge in [0.05, 0.1) is 11.6 Å². The lowest BCUT2D eigenvalue weighted by Crippen LogP contribution is -2.51.